The number of methoxy groups -OCH3 is 1. The zero-order chi connectivity index (χ0) is 13.0. The van der Waals surface area contributed by atoms with Gasteiger partial charge in [0.2, 0.25) is 0 Å². The van der Waals surface area contributed by atoms with Crippen LogP contribution in [-0.4, -0.2) is 12.1 Å². The van der Waals surface area contributed by atoms with E-state index in [1.165, 1.54) is 0 Å². The summed E-state index contributed by atoms with van der Waals surface area (Å²) in [5, 5.41) is 3.27. The van der Waals surface area contributed by atoms with Crippen molar-refractivity contribution in [2.45, 2.75) is 13.5 Å². The van der Waals surface area contributed by atoms with Gasteiger partial charge in [0.1, 0.15) is 5.82 Å². The maximum Gasteiger partial charge on any atom is 0.144 e. The smallest absolute Gasteiger partial charge is 0.144 e. The molecule has 0 aliphatic heterocycles. The molecule has 0 atom stereocenters. The Balaban J connectivity index is 2.13. The summed E-state index contributed by atoms with van der Waals surface area (Å²) in [7, 11) is 1.69. The highest BCUT2D eigenvalue weighted by Gasteiger charge is 2.02. The van der Waals surface area contributed by atoms with Gasteiger partial charge in [-0.05, 0) is 52.2 Å². The van der Waals surface area contributed by atoms with E-state index in [-0.39, 0.29) is 0 Å². The average Bonchev–Trinajstić information content (AvgIpc) is 2.35. The number of benzene rings is 1. The number of pyridine rings is 1. The Morgan fingerprint density at radius 2 is 2.00 bits per heavy atom. The zero-order valence-electron chi connectivity index (χ0n) is 10.4. The van der Waals surface area contributed by atoms with E-state index in [4.69, 9.17) is 4.74 Å². The zero-order valence-corrected chi connectivity index (χ0v) is 12.0. The number of hydrogen-bond acceptors (Lipinski definition) is 3. The van der Waals surface area contributed by atoms with Gasteiger partial charge in [0.25, 0.3) is 0 Å². The molecule has 4 heteroatoms. The highest BCUT2D eigenvalue weighted by atomic mass is 79.9. The van der Waals surface area contributed by atoms with E-state index in [9.17, 15) is 0 Å². The molecule has 0 saturated heterocycles. The van der Waals surface area contributed by atoms with E-state index >= 15 is 0 Å². The highest BCUT2D eigenvalue weighted by Crippen LogP contribution is 2.24. The van der Waals surface area contributed by atoms with E-state index in [1.54, 1.807) is 7.11 Å². The fourth-order valence-electron chi connectivity index (χ4n) is 1.61. The summed E-state index contributed by atoms with van der Waals surface area (Å²) >= 11 is 3.50. The molecule has 0 fully saturated rings. The van der Waals surface area contributed by atoms with Crippen LogP contribution in [0.2, 0.25) is 0 Å². The van der Waals surface area contributed by atoms with Gasteiger partial charge in [0.15, 0.2) is 0 Å². The predicted molar refractivity (Wildman–Crippen MR) is 77.1 cm³/mol. The van der Waals surface area contributed by atoms with E-state index in [0.717, 1.165) is 27.1 Å². The van der Waals surface area contributed by atoms with Crippen LogP contribution in [0.25, 0.3) is 0 Å². The van der Waals surface area contributed by atoms with Crippen LogP contribution in [0.1, 0.15) is 11.1 Å². The lowest BCUT2D eigenvalue weighted by molar-refractivity contribution is 0.185. The Bertz CT molecular complexity index is 526. The Labute approximate surface area is 115 Å². The minimum atomic E-state index is 0.632. The molecular formula is C14H15BrN2O. The van der Waals surface area contributed by atoms with Crippen molar-refractivity contribution in [3.05, 3.63) is 52.1 Å². The van der Waals surface area contributed by atoms with E-state index in [2.05, 4.69) is 26.2 Å². The molecule has 0 spiro atoms. The minimum absolute atomic E-state index is 0.632. The van der Waals surface area contributed by atoms with Gasteiger partial charge in [0.05, 0.1) is 11.1 Å². The Kier molecular flexibility index (Phi) is 4.33. The van der Waals surface area contributed by atoms with E-state index in [0.29, 0.717) is 6.61 Å². The van der Waals surface area contributed by atoms with Crippen LogP contribution in [0, 0.1) is 6.92 Å². The molecular weight excluding hydrogens is 292 g/mol. The summed E-state index contributed by atoms with van der Waals surface area (Å²) < 4.78 is 6.04. The van der Waals surface area contributed by atoms with Crippen molar-refractivity contribution < 1.29 is 4.74 Å². The van der Waals surface area contributed by atoms with Crippen LogP contribution < -0.4 is 5.32 Å². The van der Waals surface area contributed by atoms with Crippen LogP contribution in [0.15, 0.2) is 41.0 Å². The second kappa shape index (κ2) is 5.98. The Morgan fingerprint density at radius 3 is 2.61 bits per heavy atom. The summed E-state index contributed by atoms with van der Waals surface area (Å²) in [5.74, 6) is 0.820. The third-order valence-electron chi connectivity index (χ3n) is 2.51. The molecule has 0 amide bonds. The summed E-state index contributed by atoms with van der Waals surface area (Å²) in [6.45, 7) is 2.65. The third kappa shape index (κ3) is 3.31. The van der Waals surface area contributed by atoms with Crippen molar-refractivity contribution in [1.29, 1.82) is 0 Å². The molecule has 0 unspecified atom stereocenters. The number of halogens is 1. The molecule has 3 nitrogen and oxygen atoms in total. The van der Waals surface area contributed by atoms with Crippen molar-refractivity contribution in [3.63, 3.8) is 0 Å². The molecule has 18 heavy (non-hydrogen) atoms. The van der Waals surface area contributed by atoms with Gasteiger partial charge < -0.3 is 10.1 Å². The fourth-order valence-corrected chi connectivity index (χ4v) is 2.18. The van der Waals surface area contributed by atoms with Gasteiger partial charge in [-0.3, -0.25) is 0 Å². The number of nitrogens with zero attached hydrogens (tertiary/aromatic N) is 1. The molecule has 0 aliphatic rings. The molecule has 0 aliphatic carbocycles. The maximum absolute atomic E-state index is 5.08. The largest absolute Gasteiger partial charge is 0.380 e. The topological polar surface area (TPSA) is 34.1 Å². The van der Waals surface area contributed by atoms with Gasteiger partial charge in [-0.25, -0.2) is 4.98 Å². The number of nitrogens with one attached hydrogen (secondary N) is 1. The highest BCUT2D eigenvalue weighted by molar-refractivity contribution is 9.10. The van der Waals surface area contributed by atoms with Crippen molar-refractivity contribution in [2.24, 2.45) is 0 Å². The first-order valence-electron chi connectivity index (χ1n) is 5.66. The number of anilines is 2. The summed E-state index contributed by atoms with van der Waals surface area (Å²) in [4.78, 5) is 4.35. The number of aromatic nitrogens is 1. The molecule has 1 heterocycles. The second-order valence-corrected chi connectivity index (χ2v) is 4.95. The lowest BCUT2D eigenvalue weighted by Gasteiger charge is -2.08. The third-order valence-corrected chi connectivity index (χ3v) is 3.11. The SMILES string of the molecule is COCc1ccc(Nc2ncc(C)cc2Br)cc1. The molecule has 0 radical (unpaired) electrons. The Morgan fingerprint density at radius 1 is 1.28 bits per heavy atom. The van der Waals surface area contributed by atoms with Gasteiger partial charge in [-0.15, -0.1) is 0 Å². The molecule has 2 rings (SSSR count). The Hall–Kier alpha value is -1.39. The second-order valence-electron chi connectivity index (χ2n) is 4.10. The first-order chi connectivity index (χ1) is 8.69. The standard InChI is InChI=1S/C14H15BrN2O/c1-10-7-13(15)14(16-8-10)17-12-5-3-11(4-6-12)9-18-2/h3-8H,9H2,1-2H3,(H,16,17). The molecule has 2 aromatic rings. The molecule has 0 bridgehead atoms. The fraction of sp³-hybridized carbons (Fsp3) is 0.214. The normalized spacial score (nSPS) is 10.4. The maximum atomic E-state index is 5.08. The minimum Gasteiger partial charge on any atom is -0.380 e. The molecule has 1 N–H and O–H groups in total. The first-order valence-corrected chi connectivity index (χ1v) is 6.45. The molecule has 1 aromatic carbocycles. The van der Waals surface area contributed by atoms with Crippen molar-refractivity contribution >= 4 is 27.4 Å². The van der Waals surface area contributed by atoms with Crippen LogP contribution in [0.5, 0.6) is 0 Å². The summed E-state index contributed by atoms with van der Waals surface area (Å²) in [6.07, 6.45) is 1.84. The number of hydrogen-bond donors (Lipinski definition) is 1. The first kappa shape index (κ1) is 13.1. The van der Waals surface area contributed by atoms with E-state index < -0.39 is 0 Å². The quantitative estimate of drug-likeness (QED) is 0.925. The van der Waals surface area contributed by atoms with Crippen LogP contribution >= 0.6 is 15.9 Å². The number of ether oxygens (including phenoxy) is 1. The van der Waals surface area contributed by atoms with Crippen LogP contribution in [0.4, 0.5) is 11.5 Å². The van der Waals surface area contributed by atoms with Gasteiger partial charge in [-0.2, -0.15) is 0 Å². The van der Waals surface area contributed by atoms with Crippen LogP contribution in [-0.2, 0) is 11.3 Å². The van der Waals surface area contributed by atoms with E-state index in [1.807, 2.05) is 43.5 Å². The van der Waals surface area contributed by atoms with Crippen molar-refractivity contribution in [1.82, 2.24) is 4.98 Å². The number of rotatable bonds is 4. The van der Waals surface area contributed by atoms with Crippen molar-refractivity contribution in [2.75, 3.05) is 12.4 Å². The average molecular weight is 307 g/mol. The molecule has 94 valence electrons. The monoisotopic (exact) mass is 306 g/mol. The van der Waals surface area contributed by atoms with Gasteiger partial charge in [-0.1, -0.05) is 12.1 Å². The van der Waals surface area contributed by atoms with Gasteiger partial charge in [0, 0.05) is 19.0 Å². The predicted octanol–water partition coefficient (Wildman–Crippen LogP) is 4.04. The molecule has 1 aromatic heterocycles. The van der Waals surface area contributed by atoms with Crippen molar-refractivity contribution in [3.8, 4) is 0 Å². The summed E-state index contributed by atoms with van der Waals surface area (Å²) in [6, 6.07) is 10.1. The lowest BCUT2D eigenvalue weighted by atomic mass is 10.2. The lowest BCUT2D eigenvalue weighted by Crippen LogP contribution is -1.95. The number of aryl methyl sites for hydroxylation is 1. The molecule has 0 saturated carbocycles. The van der Waals surface area contributed by atoms with Gasteiger partial charge >= 0.3 is 0 Å². The van der Waals surface area contributed by atoms with Crippen LogP contribution in [0.3, 0.4) is 0 Å². The summed E-state index contributed by atoms with van der Waals surface area (Å²) in [5.41, 5.74) is 3.29.